The van der Waals surface area contributed by atoms with Gasteiger partial charge >= 0.3 is 0 Å². The molecule has 1 amide bonds. The second-order valence-corrected chi connectivity index (χ2v) is 10.1. The molecule has 174 valence electrons. The highest BCUT2D eigenvalue weighted by Gasteiger charge is 2.27. The van der Waals surface area contributed by atoms with Crippen molar-refractivity contribution in [3.63, 3.8) is 0 Å². The van der Waals surface area contributed by atoms with Crippen LogP contribution < -0.4 is 14.4 Å². The molecule has 6 nitrogen and oxygen atoms in total. The predicted molar refractivity (Wildman–Crippen MR) is 131 cm³/mol. The first-order valence-electron chi connectivity index (χ1n) is 10.8. The first-order chi connectivity index (χ1) is 15.6. The summed E-state index contributed by atoms with van der Waals surface area (Å²) in [5, 5.41) is 2.83. The van der Waals surface area contributed by atoms with E-state index in [-0.39, 0.29) is 24.1 Å². The fourth-order valence-electron chi connectivity index (χ4n) is 3.47. The molecule has 7 heteroatoms. The standard InChI is InChI=1S/C26H30N2O4S/c1-19(2)32-24-12-10-22(11-13-24)17-27-26(29)18-28(23-15-20(3)14-21(4)16-23)33(30,31)25-8-6-5-7-9-25/h5-16,19H,17-18H2,1-4H3,(H,27,29). The van der Waals surface area contributed by atoms with Crippen molar-refractivity contribution in [3.05, 3.63) is 89.5 Å². The minimum Gasteiger partial charge on any atom is -0.491 e. The zero-order valence-electron chi connectivity index (χ0n) is 19.4. The van der Waals surface area contributed by atoms with Gasteiger partial charge in [0, 0.05) is 6.54 Å². The van der Waals surface area contributed by atoms with Gasteiger partial charge in [-0.25, -0.2) is 8.42 Å². The van der Waals surface area contributed by atoms with Gasteiger partial charge in [-0.2, -0.15) is 0 Å². The number of carbonyl (C=O) groups is 1. The van der Waals surface area contributed by atoms with E-state index in [0.717, 1.165) is 26.7 Å². The summed E-state index contributed by atoms with van der Waals surface area (Å²) in [6.07, 6.45) is 0.0818. The van der Waals surface area contributed by atoms with Gasteiger partial charge in [-0.15, -0.1) is 0 Å². The highest BCUT2D eigenvalue weighted by atomic mass is 32.2. The third-order valence-corrected chi connectivity index (χ3v) is 6.69. The molecule has 0 saturated carbocycles. The van der Waals surface area contributed by atoms with Crippen molar-refractivity contribution < 1.29 is 17.9 Å². The maximum atomic E-state index is 13.4. The smallest absolute Gasteiger partial charge is 0.264 e. The molecular weight excluding hydrogens is 436 g/mol. The number of carbonyl (C=O) groups excluding carboxylic acids is 1. The third-order valence-electron chi connectivity index (χ3n) is 4.90. The van der Waals surface area contributed by atoms with E-state index >= 15 is 0 Å². The van der Waals surface area contributed by atoms with Crippen LogP contribution in [0.2, 0.25) is 0 Å². The maximum absolute atomic E-state index is 13.4. The average Bonchev–Trinajstić information content (AvgIpc) is 2.76. The van der Waals surface area contributed by atoms with Gasteiger partial charge in [0.1, 0.15) is 12.3 Å². The molecule has 0 aliphatic heterocycles. The number of hydrogen-bond acceptors (Lipinski definition) is 4. The highest BCUT2D eigenvalue weighted by molar-refractivity contribution is 7.92. The number of aryl methyl sites for hydroxylation is 2. The molecule has 0 heterocycles. The Morgan fingerprint density at radius 3 is 2.12 bits per heavy atom. The van der Waals surface area contributed by atoms with Gasteiger partial charge in [-0.1, -0.05) is 36.4 Å². The third kappa shape index (κ3) is 6.58. The van der Waals surface area contributed by atoms with Gasteiger partial charge < -0.3 is 10.1 Å². The lowest BCUT2D eigenvalue weighted by Crippen LogP contribution is -2.40. The van der Waals surface area contributed by atoms with Crippen LogP contribution in [0.15, 0.2) is 77.7 Å². The van der Waals surface area contributed by atoms with Crippen LogP contribution >= 0.6 is 0 Å². The number of benzene rings is 3. The highest BCUT2D eigenvalue weighted by Crippen LogP contribution is 2.25. The van der Waals surface area contributed by atoms with Crippen molar-refractivity contribution in [2.24, 2.45) is 0 Å². The van der Waals surface area contributed by atoms with Gasteiger partial charge in [0.05, 0.1) is 16.7 Å². The fourth-order valence-corrected chi connectivity index (χ4v) is 4.90. The molecule has 0 fully saturated rings. The molecule has 0 radical (unpaired) electrons. The average molecular weight is 467 g/mol. The topological polar surface area (TPSA) is 75.7 Å². The van der Waals surface area contributed by atoms with E-state index < -0.39 is 15.9 Å². The van der Waals surface area contributed by atoms with E-state index in [1.165, 1.54) is 12.1 Å². The molecule has 0 bridgehead atoms. The molecule has 3 aromatic carbocycles. The van der Waals surface area contributed by atoms with Gasteiger partial charge in [0.2, 0.25) is 5.91 Å². The largest absolute Gasteiger partial charge is 0.491 e. The van der Waals surface area contributed by atoms with Crippen LogP contribution in [-0.2, 0) is 21.4 Å². The monoisotopic (exact) mass is 466 g/mol. The van der Waals surface area contributed by atoms with Crippen molar-refractivity contribution in [2.75, 3.05) is 10.8 Å². The Kier molecular flexibility index (Phi) is 7.76. The number of sulfonamides is 1. The van der Waals surface area contributed by atoms with E-state index in [1.807, 2.05) is 58.0 Å². The summed E-state index contributed by atoms with van der Waals surface area (Å²) < 4.78 is 33.6. The molecule has 0 aliphatic carbocycles. The Bertz CT molecular complexity index is 1170. The predicted octanol–water partition coefficient (Wildman–Crippen LogP) is 4.60. The van der Waals surface area contributed by atoms with Gasteiger partial charge in [-0.05, 0) is 80.8 Å². The maximum Gasteiger partial charge on any atom is 0.264 e. The number of nitrogens with one attached hydrogen (secondary N) is 1. The summed E-state index contributed by atoms with van der Waals surface area (Å²) in [4.78, 5) is 13.0. The number of amides is 1. The summed E-state index contributed by atoms with van der Waals surface area (Å²) in [7, 11) is -3.93. The summed E-state index contributed by atoms with van der Waals surface area (Å²) in [6, 6.07) is 21.1. The van der Waals surface area contributed by atoms with E-state index in [2.05, 4.69) is 5.32 Å². The van der Waals surface area contributed by atoms with Crippen LogP contribution in [-0.4, -0.2) is 27.0 Å². The van der Waals surface area contributed by atoms with Crippen LogP contribution in [0.5, 0.6) is 5.75 Å². The molecule has 0 aliphatic rings. The van der Waals surface area contributed by atoms with Crippen molar-refractivity contribution >= 4 is 21.6 Å². The van der Waals surface area contributed by atoms with Crippen molar-refractivity contribution in [2.45, 2.75) is 45.2 Å². The van der Waals surface area contributed by atoms with Crippen LogP contribution in [0.1, 0.15) is 30.5 Å². The molecule has 33 heavy (non-hydrogen) atoms. The second kappa shape index (κ2) is 10.5. The fraction of sp³-hybridized carbons (Fsp3) is 0.269. The van der Waals surface area contributed by atoms with Gasteiger partial charge in [0.25, 0.3) is 10.0 Å². The van der Waals surface area contributed by atoms with Crippen LogP contribution in [0.3, 0.4) is 0 Å². The minimum atomic E-state index is -3.93. The Morgan fingerprint density at radius 2 is 1.55 bits per heavy atom. The molecular formula is C26H30N2O4S. The molecule has 0 aromatic heterocycles. The van der Waals surface area contributed by atoms with Crippen LogP contribution in [0.25, 0.3) is 0 Å². The molecule has 3 aromatic rings. The zero-order valence-corrected chi connectivity index (χ0v) is 20.2. The quantitative estimate of drug-likeness (QED) is 0.500. The van der Waals surface area contributed by atoms with E-state index in [9.17, 15) is 13.2 Å². The summed E-state index contributed by atoms with van der Waals surface area (Å²) >= 11 is 0. The molecule has 1 N–H and O–H groups in total. The summed E-state index contributed by atoms with van der Waals surface area (Å²) in [5.74, 6) is 0.367. The molecule has 0 spiro atoms. The first-order valence-corrected chi connectivity index (χ1v) is 12.3. The number of ether oxygens (including phenoxy) is 1. The van der Waals surface area contributed by atoms with Crippen LogP contribution in [0.4, 0.5) is 5.69 Å². The number of hydrogen-bond donors (Lipinski definition) is 1. The lowest BCUT2D eigenvalue weighted by atomic mass is 10.1. The van der Waals surface area contributed by atoms with Crippen molar-refractivity contribution in [1.82, 2.24) is 5.32 Å². The Morgan fingerprint density at radius 1 is 0.939 bits per heavy atom. The van der Waals surface area contributed by atoms with Crippen LogP contribution in [0, 0.1) is 13.8 Å². The number of rotatable bonds is 9. The Balaban J connectivity index is 1.79. The normalized spacial score (nSPS) is 11.3. The van der Waals surface area contributed by atoms with E-state index in [4.69, 9.17) is 4.74 Å². The molecule has 0 atom stereocenters. The first kappa shape index (κ1) is 24.3. The SMILES string of the molecule is Cc1cc(C)cc(N(CC(=O)NCc2ccc(OC(C)C)cc2)S(=O)(=O)c2ccccc2)c1. The van der Waals surface area contributed by atoms with Gasteiger partial charge in [0.15, 0.2) is 0 Å². The minimum absolute atomic E-state index is 0.0818. The summed E-state index contributed by atoms with van der Waals surface area (Å²) in [5.41, 5.74) is 3.19. The van der Waals surface area contributed by atoms with E-state index in [1.54, 1.807) is 30.3 Å². The van der Waals surface area contributed by atoms with Crippen molar-refractivity contribution in [3.8, 4) is 5.75 Å². The Labute approximate surface area is 196 Å². The number of anilines is 1. The Hall–Kier alpha value is -3.32. The number of nitrogens with zero attached hydrogens (tertiary/aromatic N) is 1. The van der Waals surface area contributed by atoms with Crippen molar-refractivity contribution in [1.29, 1.82) is 0 Å². The molecule has 3 rings (SSSR count). The second-order valence-electron chi connectivity index (χ2n) is 8.26. The lowest BCUT2D eigenvalue weighted by molar-refractivity contribution is -0.119. The zero-order chi connectivity index (χ0) is 24.0. The molecule has 0 unspecified atom stereocenters. The van der Waals surface area contributed by atoms with Gasteiger partial charge in [-0.3, -0.25) is 9.10 Å². The summed E-state index contributed by atoms with van der Waals surface area (Å²) in [6.45, 7) is 7.67. The lowest BCUT2D eigenvalue weighted by Gasteiger charge is -2.25. The van der Waals surface area contributed by atoms with E-state index in [0.29, 0.717) is 5.69 Å². The molecule has 0 saturated heterocycles.